The number of nitrogens with zero attached hydrogens (tertiary/aromatic N) is 6. The van der Waals surface area contributed by atoms with Crippen LogP contribution < -0.4 is 10.5 Å². The smallest absolute Gasteiger partial charge is 0.261 e. The number of benzene rings is 2. The van der Waals surface area contributed by atoms with Crippen LogP contribution in [0.3, 0.4) is 0 Å². The zero-order valence-corrected chi connectivity index (χ0v) is 19.1. The molecule has 0 aliphatic rings. The van der Waals surface area contributed by atoms with Crippen molar-refractivity contribution in [2.45, 2.75) is 24.8 Å². The molecule has 160 valence electrons. The molecule has 4 rings (SSSR count). The Morgan fingerprint density at radius 3 is 2.35 bits per heavy atom. The van der Waals surface area contributed by atoms with Gasteiger partial charge in [-0.1, -0.05) is 23.9 Å². The van der Waals surface area contributed by atoms with Gasteiger partial charge in [-0.3, -0.25) is 9.36 Å². The van der Waals surface area contributed by atoms with E-state index in [1.54, 1.807) is 11.6 Å². The molecule has 0 saturated heterocycles. The van der Waals surface area contributed by atoms with Crippen LogP contribution in [0, 0.1) is 0 Å². The summed E-state index contributed by atoms with van der Waals surface area (Å²) < 4.78 is 3.59. The molecule has 4 aromatic rings. The van der Waals surface area contributed by atoms with E-state index in [1.807, 2.05) is 35.9 Å². The van der Waals surface area contributed by atoms with Crippen molar-refractivity contribution in [2.24, 2.45) is 14.1 Å². The van der Waals surface area contributed by atoms with Crippen LogP contribution in [0.4, 0.5) is 5.69 Å². The van der Waals surface area contributed by atoms with E-state index < -0.39 is 0 Å². The minimum Gasteiger partial charge on any atom is -0.372 e. The Balaban J connectivity index is 1.55. The van der Waals surface area contributed by atoms with E-state index in [1.165, 1.54) is 17.4 Å². The molecule has 0 amide bonds. The van der Waals surface area contributed by atoms with Crippen molar-refractivity contribution in [3.8, 4) is 11.4 Å². The van der Waals surface area contributed by atoms with E-state index in [9.17, 15) is 4.79 Å². The van der Waals surface area contributed by atoms with E-state index in [0.717, 1.165) is 29.6 Å². The first-order chi connectivity index (χ1) is 15.0. The monoisotopic (exact) mass is 434 g/mol. The lowest BCUT2D eigenvalue weighted by molar-refractivity contribution is 0.773. The van der Waals surface area contributed by atoms with Crippen molar-refractivity contribution < 1.29 is 0 Å². The molecule has 2 aromatic carbocycles. The first-order valence-electron chi connectivity index (χ1n) is 10.4. The number of rotatable bonds is 7. The van der Waals surface area contributed by atoms with Crippen molar-refractivity contribution in [3.05, 3.63) is 64.7 Å². The van der Waals surface area contributed by atoms with Crippen LogP contribution in [0.2, 0.25) is 0 Å². The molecule has 0 aliphatic heterocycles. The molecule has 0 fully saturated rings. The van der Waals surface area contributed by atoms with Crippen LogP contribution in [0.25, 0.3) is 22.3 Å². The lowest BCUT2D eigenvalue weighted by Crippen LogP contribution is -2.21. The topological polar surface area (TPSA) is 68.8 Å². The number of hydrogen-bond acceptors (Lipinski definition) is 6. The molecule has 0 bridgehead atoms. The predicted molar refractivity (Wildman–Crippen MR) is 127 cm³/mol. The SMILES string of the molecule is CCN(CC)c1ccc(-c2nnc(SCc3nc4ccccc4c(=O)n3C)n2C)cc1. The highest BCUT2D eigenvalue weighted by Gasteiger charge is 2.14. The van der Waals surface area contributed by atoms with Crippen LogP contribution in [-0.2, 0) is 19.8 Å². The zero-order valence-electron chi connectivity index (χ0n) is 18.2. The Bertz CT molecular complexity index is 1260. The summed E-state index contributed by atoms with van der Waals surface area (Å²) in [6.45, 7) is 6.27. The van der Waals surface area contributed by atoms with Gasteiger partial charge in [0.05, 0.1) is 16.7 Å². The van der Waals surface area contributed by atoms with Gasteiger partial charge in [0.2, 0.25) is 0 Å². The molecule has 2 aromatic heterocycles. The van der Waals surface area contributed by atoms with Crippen molar-refractivity contribution in [3.63, 3.8) is 0 Å². The molecule has 31 heavy (non-hydrogen) atoms. The van der Waals surface area contributed by atoms with Crippen LogP contribution >= 0.6 is 11.8 Å². The fourth-order valence-corrected chi connectivity index (χ4v) is 4.52. The number of para-hydroxylation sites is 1. The Labute approximate surface area is 185 Å². The maximum Gasteiger partial charge on any atom is 0.261 e. The maximum atomic E-state index is 12.6. The van der Waals surface area contributed by atoms with Crippen LogP contribution in [0.5, 0.6) is 0 Å². The van der Waals surface area contributed by atoms with Gasteiger partial charge in [-0.25, -0.2) is 4.98 Å². The standard InChI is InChI=1S/C23H26N6OS/c1-5-29(6-2)17-13-11-16(12-14-17)21-25-26-23(28(21)4)31-15-20-24-19-10-8-7-9-18(19)22(30)27(20)3/h7-14H,5-6,15H2,1-4H3. The highest BCUT2D eigenvalue weighted by atomic mass is 32.2. The zero-order chi connectivity index (χ0) is 22.0. The first-order valence-corrected chi connectivity index (χ1v) is 11.3. The third-order valence-corrected chi connectivity index (χ3v) is 6.51. The fraction of sp³-hybridized carbons (Fsp3) is 0.304. The van der Waals surface area contributed by atoms with Crippen molar-refractivity contribution in [2.75, 3.05) is 18.0 Å². The summed E-state index contributed by atoms with van der Waals surface area (Å²) in [6, 6.07) is 15.8. The summed E-state index contributed by atoms with van der Waals surface area (Å²) in [4.78, 5) is 19.6. The second-order valence-electron chi connectivity index (χ2n) is 7.28. The molecule has 2 heterocycles. The number of hydrogen-bond donors (Lipinski definition) is 0. The van der Waals surface area contributed by atoms with E-state index >= 15 is 0 Å². The summed E-state index contributed by atoms with van der Waals surface area (Å²) >= 11 is 1.52. The average molecular weight is 435 g/mol. The summed E-state index contributed by atoms with van der Waals surface area (Å²) in [6.07, 6.45) is 0. The third kappa shape index (κ3) is 4.07. The van der Waals surface area contributed by atoms with Gasteiger partial charge in [-0.15, -0.1) is 10.2 Å². The summed E-state index contributed by atoms with van der Waals surface area (Å²) in [7, 11) is 3.72. The molecular weight excluding hydrogens is 408 g/mol. The average Bonchev–Trinajstić information content (AvgIpc) is 3.17. The number of fused-ring (bicyclic) bond motifs is 1. The van der Waals surface area contributed by atoms with E-state index in [2.05, 4.69) is 58.2 Å². The molecule has 0 spiro atoms. The minimum atomic E-state index is -0.0341. The fourth-order valence-electron chi connectivity index (χ4n) is 3.62. The van der Waals surface area contributed by atoms with Gasteiger partial charge in [-0.2, -0.15) is 0 Å². The quantitative estimate of drug-likeness (QED) is 0.411. The lowest BCUT2D eigenvalue weighted by Gasteiger charge is -2.21. The summed E-state index contributed by atoms with van der Waals surface area (Å²) in [5, 5.41) is 10.2. The van der Waals surface area contributed by atoms with Gasteiger partial charge in [0.15, 0.2) is 11.0 Å². The Morgan fingerprint density at radius 2 is 1.65 bits per heavy atom. The highest BCUT2D eigenvalue weighted by molar-refractivity contribution is 7.98. The lowest BCUT2D eigenvalue weighted by atomic mass is 10.2. The largest absolute Gasteiger partial charge is 0.372 e. The molecule has 0 aliphatic carbocycles. The molecule has 0 unspecified atom stereocenters. The summed E-state index contributed by atoms with van der Waals surface area (Å²) in [5.74, 6) is 2.06. The van der Waals surface area contributed by atoms with Gasteiger partial charge >= 0.3 is 0 Å². The van der Waals surface area contributed by atoms with Crippen molar-refractivity contribution in [1.82, 2.24) is 24.3 Å². The van der Waals surface area contributed by atoms with E-state index in [-0.39, 0.29) is 5.56 Å². The van der Waals surface area contributed by atoms with Crippen LogP contribution in [-0.4, -0.2) is 37.4 Å². The van der Waals surface area contributed by atoms with Crippen molar-refractivity contribution >= 4 is 28.4 Å². The highest BCUT2D eigenvalue weighted by Crippen LogP contribution is 2.26. The number of thioether (sulfide) groups is 1. The maximum absolute atomic E-state index is 12.6. The normalized spacial score (nSPS) is 11.2. The van der Waals surface area contributed by atoms with E-state index in [4.69, 9.17) is 0 Å². The Kier molecular flexibility index (Phi) is 6.08. The van der Waals surface area contributed by atoms with Crippen molar-refractivity contribution in [1.29, 1.82) is 0 Å². The number of anilines is 1. The third-order valence-electron chi connectivity index (χ3n) is 5.50. The summed E-state index contributed by atoms with van der Waals surface area (Å²) in [5.41, 5.74) is 2.91. The van der Waals surface area contributed by atoms with Crippen LogP contribution in [0.1, 0.15) is 19.7 Å². The molecule has 0 N–H and O–H groups in total. The van der Waals surface area contributed by atoms with E-state index in [0.29, 0.717) is 22.5 Å². The number of aromatic nitrogens is 5. The predicted octanol–water partition coefficient (Wildman–Crippen LogP) is 3.87. The first kappa shape index (κ1) is 21.1. The molecular formula is C23H26N6OS. The minimum absolute atomic E-state index is 0.0341. The van der Waals surface area contributed by atoms with Gasteiger partial charge < -0.3 is 9.47 Å². The molecule has 7 nitrogen and oxygen atoms in total. The van der Waals surface area contributed by atoms with Gasteiger partial charge in [-0.05, 0) is 50.2 Å². The second kappa shape index (κ2) is 8.93. The molecule has 0 saturated carbocycles. The molecule has 0 atom stereocenters. The van der Waals surface area contributed by atoms with Gasteiger partial charge in [0.25, 0.3) is 5.56 Å². The molecule has 0 radical (unpaired) electrons. The second-order valence-corrected chi connectivity index (χ2v) is 8.22. The van der Waals surface area contributed by atoms with Gasteiger partial charge in [0.1, 0.15) is 5.82 Å². The van der Waals surface area contributed by atoms with Crippen LogP contribution in [0.15, 0.2) is 58.5 Å². The Hall–Kier alpha value is -3.13. The Morgan fingerprint density at radius 1 is 0.935 bits per heavy atom. The molecule has 8 heteroatoms. The van der Waals surface area contributed by atoms with Gasteiger partial charge in [0, 0.05) is 38.4 Å².